The number of carbonyl (C=O) groups is 1. The molecule has 0 spiro atoms. The molecule has 1 fully saturated rings. The predicted molar refractivity (Wildman–Crippen MR) is 109 cm³/mol. The van der Waals surface area contributed by atoms with Gasteiger partial charge in [0.2, 0.25) is 0 Å². The third-order valence-corrected chi connectivity index (χ3v) is 5.23. The number of halogens is 4. The zero-order valence-corrected chi connectivity index (χ0v) is 17.2. The van der Waals surface area contributed by atoms with Gasteiger partial charge in [-0.15, -0.1) is 0 Å². The van der Waals surface area contributed by atoms with Gasteiger partial charge in [-0.05, 0) is 30.7 Å². The van der Waals surface area contributed by atoms with E-state index in [2.05, 4.69) is 20.9 Å². The van der Waals surface area contributed by atoms with Crippen LogP contribution in [0, 0.1) is 0 Å². The van der Waals surface area contributed by atoms with Crippen LogP contribution < -0.4 is 0 Å². The molecule has 0 radical (unpaired) electrons. The van der Waals surface area contributed by atoms with Crippen LogP contribution in [0.3, 0.4) is 0 Å². The molecule has 1 heterocycles. The molecule has 0 bridgehead atoms. The first-order valence-electron chi connectivity index (χ1n) is 8.94. The fourth-order valence-electron chi connectivity index (χ4n) is 3.01. The standard InChI is InChI=1S/C14H15BrN2O2.C7H5F3/c1-19-13-7-12(13)17(8-15)14(18)10-2-3-11-9(6-10)4-5-16-11;8-7(9,10)6-4-2-1-3-5-6/h2-6,12-13,16H,7-8H2,1H3;1-5H. The summed E-state index contributed by atoms with van der Waals surface area (Å²) in [5.41, 5.74) is 1.69. The minimum Gasteiger partial charge on any atom is -0.379 e. The smallest absolute Gasteiger partial charge is 0.379 e. The Labute approximate surface area is 174 Å². The molecule has 2 atom stereocenters. The maximum atomic E-state index is 12.5. The fourth-order valence-corrected chi connectivity index (χ4v) is 3.61. The summed E-state index contributed by atoms with van der Waals surface area (Å²) in [6.07, 6.45) is -1.23. The number of methoxy groups -OCH3 is 1. The summed E-state index contributed by atoms with van der Waals surface area (Å²) in [5, 5.41) is 1.06. The zero-order valence-electron chi connectivity index (χ0n) is 15.6. The lowest BCUT2D eigenvalue weighted by Gasteiger charge is -2.20. The number of alkyl halides is 4. The van der Waals surface area contributed by atoms with E-state index in [0.717, 1.165) is 29.5 Å². The Bertz CT molecular complexity index is 959. The van der Waals surface area contributed by atoms with E-state index in [4.69, 9.17) is 4.74 Å². The number of H-pyrrole nitrogens is 1. The second-order valence-corrected chi connectivity index (χ2v) is 7.12. The SMILES string of the molecule is COC1CC1N(CBr)C(=O)c1ccc2[nH]ccc2c1.FC(F)(F)c1ccccc1. The fraction of sp³-hybridized carbons (Fsp3) is 0.286. The average Bonchev–Trinajstić information content (AvgIpc) is 3.34. The molecule has 1 aliphatic rings. The van der Waals surface area contributed by atoms with E-state index >= 15 is 0 Å². The van der Waals surface area contributed by atoms with Crippen molar-refractivity contribution in [1.29, 1.82) is 0 Å². The molecule has 8 heteroatoms. The number of nitrogens with one attached hydrogen (secondary N) is 1. The highest BCUT2D eigenvalue weighted by atomic mass is 79.9. The van der Waals surface area contributed by atoms with Gasteiger partial charge in [0.25, 0.3) is 5.91 Å². The number of rotatable bonds is 4. The topological polar surface area (TPSA) is 45.3 Å². The Morgan fingerprint density at radius 2 is 1.93 bits per heavy atom. The monoisotopic (exact) mass is 468 g/mol. The summed E-state index contributed by atoms with van der Waals surface area (Å²) < 4.78 is 40.6. The molecule has 1 amide bonds. The van der Waals surface area contributed by atoms with Crippen LogP contribution >= 0.6 is 15.9 Å². The largest absolute Gasteiger partial charge is 0.416 e. The Hall–Kier alpha value is -2.32. The summed E-state index contributed by atoms with van der Waals surface area (Å²) in [4.78, 5) is 17.5. The van der Waals surface area contributed by atoms with Gasteiger partial charge in [0.1, 0.15) is 0 Å². The number of hydrogen-bond acceptors (Lipinski definition) is 2. The number of hydrogen-bond donors (Lipinski definition) is 1. The van der Waals surface area contributed by atoms with Gasteiger partial charge in [0.15, 0.2) is 0 Å². The molecule has 1 saturated carbocycles. The van der Waals surface area contributed by atoms with E-state index < -0.39 is 11.7 Å². The highest BCUT2D eigenvalue weighted by Crippen LogP contribution is 2.32. The third kappa shape index (κ3) is 5.19. The lowest BCUT2D eigenvalue weighted by molar-refractivity contribution is -0.137. The Morgan fingerprint density at radius 3 is 2.48 bits per heavy atom. The van der Waals surface area contributed by atoms with Crippen LogP contribution in [0.15, 0.2) is 60.8 Å². The van der Waals surface area contributed by atoms with Crippen LogP contribution in [-0.2, 0) is 10.9 Å². The number of fused-ring (bicyclic) bond motifs is 1. The molecule has 0 aliphatic heterocycles. The summed E-state index contributed by atoms with van der Waals surface area (Å²) in [6, 6.07) is 14.3. The first-order chi connectivity index (χ1) is 13.8. The lowest BCUT2D eigenvalue weighted by Crippen LogP contribution is -2.33. The molecule has 4 nitrogen and oxygen atoms in total. The van der Waals surface area contributed by atoms with Crippen molar-refractivity contribution < 1.29 is 22.7 Å². The molecular weight excluding hydrogens is 449 g/mol. The molecule has 2 aromatic carbocycles. The van der Waals surface area contributed by atoms with E-state index in [1.807, 2.05) is 35.4 Å². The maximum Gasteiger partial charge on any atom is 0.416 e. The number of ether oxygens (including phenoxy) is 1. The van der Waals surface area contributed by atoms with Crippen molar-refractivity contribution in [2.24, 2.45) is 0 Å². The number of carbonyl (C=O) groups excluding carboxylic acids is 1. The first-order valence-corrected chi connectivity index (χ1v) is 10.1. The molecule has 1 aromatic heterocycles. The van der Waals surface area contributed by atoms with Crippen molar-refractivity contribution in [3.05, 3.63) is 71.9 Å². The Kier molecular flexibility index (Phi) is 6.64. The first kappa shape index (κ1) is 21.4. The quantitative estimate of drug-likeness (QED) is 0.408. The number of aromatic amines is 1. The van der Waals surface area contributed by atoms with Crippen LogP contribution in [0.4, 0.5) is 13.2 Å². The number of aromatic nitrogens is 1. The van der Waals surface area contributed by atoms with Crippen molar-refractivity contribution in [1.82, 2.24) is 9.88 Å². The molecule has 1 aliphatic carbocycles. The van der Waals surface area contributed by atoms with Gasteiger partial charge in [-0.1, -0.05) is 46.3 Å². The van der Waals surface area contributed by atoms with Crippen LogP contribution in [0.25, 0.3) is 10.9 Å². The van der Waals surface area contributed by atoms with Crippen molar-refractivity contribution in [3.63, 3.8) is 0 Å². The second kappa shape index (κ2) is 9.00. The van der Waals surface area contributed by atoms with E-state index in [1.54, 1.807) is 13.2 Å². The van der Waals surface area contributed by atoms with Crippen molar-refractivity contribution in [2.75, 3.05) is 12.6 Å². The molecular formula is C21H20BrF3N2O2. The molecule has 3 aromatic rings. The van der Waals surface area contributed by atoms with Crippen molar-refractivity contribution >= 4 is 32.7 Å². The zero-order chi connectivity index (χ0) is 21.0. The van der Waals surface area contributed by atoms with Gasteiger partial charge in [-0.3, -0.25) is 4.79 Å². The van der Waals surface area contributed by atoms with Crippen LogP contribution in [0.5, 0.6) is 0 Å². The van der Waals surface area contributed by atoms with Gasteiger partial charge < -0.3 is 14.6 Å². The van der Waals surface area contributed by atoms with Gasteiger partial charge >= 0.3 is 6.18 Å². The van der Waals surface area contributed by atoms with Crippen LogP contribution in [-0.4, -0.2) is 40.5 Å². The molecule has 29 heavy (non-hydrogen) atoms. The molecule has 154 valence electrons. The summed E-state index contributed by atoms with van der Waals surface area (Å²) in [5.74, 6) is 0.0459. The third-order valence-electron chi connectivity index (χ3n) is 4.69. The van der Waals surface area contributed by atoms with Crippen LogP contribution in [0.1, 0.15) is 22.3 Å². The molecule has 2 unspecified atom stereocenters. The molecule has 4 rings (SSSR count). The minimum atomic E-state index is -4.21. The maximum absolute atomic E-state index is 12.5. The minimum absolute atomic E-state index is 0.0459. The Morgan fingerprint density at radius 1 is 1.21 bits per heavy atom. The predicted octanol–water partition coefficient (Wildman–Crippen LogP) is 5.46. The van der Waals surface area contributed by atoms with Crippen LogP contribution in [0.2, 0.25) is 0 Å². The van der Waals surface area contributed by atoms with E-state index in [1.165, 1.54) is 12.1 Å². The normalized spacial score (nSPS) is 18.1. The molecule has 0 saturated heterocycles. The lowest BCUT2D eigenvalue weighted by atomic mass is 10.1. The highest BCUT2D eigenvalue weighted by Gasteiger charge is 2.44. The van der Waals surface area contributed by atoms with Gasteiger partial charge in [0, 0.05) is 29.8 Å². The number of amides is 1. The summed E-state index contributed by atoms with van der Waals surface area (Å²) >= 11 is 3.40. The number of benzene rings is 2. The molecule has 1 N–H and O–H groups in total. The van der Waals surface area contributed by atoms with Gasteiger partial charge in [-0.2, -0.15) is 13.2 Å². The second-order valence-electron chi connectivity index (χ2n) is 6.62. The van der Waals surface area contributed by atoms with E-state index in [9.17, 15) is 18.0 Å². The number of nitrogens with zero attached hydrogens (tertiary/aromatic N) is 1. The van der Waals surface area contributed by atoms with Gasteiger partial charge in [-0.25, -0.2) is 0 Å². The van der Waals surface area contributed by atoms with Crippen molar-refractivity contribution in [2.45, 2.75) is 24.7 Å². The van der Waals surface area contributed by atoms with Gasteiger partial charge in [0.05, 0.1) is 23.2 Å². The van der Waals surface area contributed by atoms with E-state index in [0.29, 0.717) is 11.0 Å². The highest BCUT2D eigenvalue weighted by molar-refractivity contribution is 9.09. The summed E-state index contributed by atoms with van der Waals surface area (Å²) in [6.45, 7) is 0. The summed E-state index contributed by atoms with van der Waals surface area (Å²) in [7, 11) is 1.69. The van der Waals surface area contributed by atoms with E-state index in [-0.39, 0.29) is 18.1 Å². The average molecular weight is 469 g/mol. The van der Waals surface area contributed by atoms with Crippen molar-refractivity contribution in [3.8, 4) is 0 Å². The Balaban J connectivity index is 0.000000204.